The number of hydrogen-bond acceptors (Lipinski definition) is 11. The molecule has 0 aromatic heterocycles. The van der Waals surface area contributed by atoms with Gasteiger partial charge in [0.15, 0.2) is 5.96 Å². The van der Waals surface area contributed by atoms with E-state index in [1.54, 1.807) is 12.1 Å². The number of likely N-dealkylation sites (tertiary alicyclic amines) is 2. The summed E-state index contributed by atoms with van der Waals surface area (Å²) in [5.41, 5.74) is 6.59. The van der Waals surface area contributed by atoms with Crippen LogP contribution in [0, 0.1) is 11.3 Å². The Morgan fingerprint density at radius 2 is 1.63 bits per heavy atom. The van der Waals surface area contributed by atoms with Gasteiger partial charge < -0.3 is 50.8 Å². The Hall–Kier alpha value is -4.49. The molecule has 2 saturated heterocycles. The molecule has 10 N–H and O–H groups in total. The van der Waals surface area contributed by atoms with Gasteiger partial charge >= 0.3 is 10.4 Å². The van der Waals surface area contributed by atoms with E-state index in [-0.39, 0.29) is 49.1 Å². The van der Waals surface area contributed by atoms with Gasteiger partial charge in [0.2, 0.25) is 17.7 Å². The van der Waals surface area contributed by atoms with Crippen molar-refractivity contribution in [3.8, 4) is 11.5 Å². The summed E-state index contributed by atoms with van der Waals surface area (Å²) in [7, 11) is -4.75. The molecule has 51 heavy (non-hydrogen) atoms. The monoisotopic (exact) mass is 732 g/mol. The minimum atomic E-state index is -4.75. The van der Waals surface area contributed by atoms with Gasteiger partial charge in [0.05, 0.1) is 12.1 Å². The van der Waals surface area contributed by atoms with E-state index in [0.29, 0.717) is 43.4 Å². The molecule has 2 aliphatic heterocycles. The van der Waals surface area contributed by atoms with Gasteiger partial charge in [-0.25, -0.2) is 0 Å². The molecule has 1 saturated carbocycles. The maximum atomic E-state index is 14.6. The average molecular weight is 733 g/mol. The van der Waals surface area contributed by atoms with Gasteiger partial charge in [0.25, 0.3) is 0 Å². The molecule has 7 unspecified atom stereocenters. The molecule has 2 aromatic rings. The zero-order valence-electron chi connectivity index (χ0n) is 27.7. The third-order valence-electron chi connectivity index (χ3n) is 9.78. The maximum Gasteiger partial charge on any atom is 0.446 e. The fourth-order valence-corrected chi connectivity index (χ4v) is 7.64. The van der Waals surface area contributed by atoms with Crippen LogP contribution < -0.4 is 20.6 Å². The van der Waals surface area contributed by atoms with Gasteiger partial charge in [-0.05, 0) is 79.8 Å². The smallest absolute Gasteiger partial charge is 0.446 e. The number of nitrogens with one attached hydrogen (secondary N) is 3. The molecule has 18 heteroatoms. The van der Waals surface area contributed by atoms with E-state index in [4.69, 9.17) is 15.7 Å². The van der Waals surface area contributed by atoms with Gasteiger partial charge in [0, 0.05) is 25.4 Å². The first-order valence-corrected chi connectivity index (χ1v) is 18.1. The predicted octanol–water partition coefficient (Wildman–Crippen LogP) is -0.872. The quantitative estimate of drug-likeness (QED) is 0.0773. The predicted molar refractivity (Wildman–Crippen MR) is 180 cm³/mol. The fraction of sp³-hybridized carbons (Fsp3) is 0.515. The number of phenolic OH excluding ortho intramolecular Hbond substituents is 1. The first kappa shape index (κ1) is 37.8. The van der Waals surface area contributed by atoms with Gasteiger partial charge in [-0.15, -0.1) is 0 Å². The number of phenols is 1. The number of piperidine rings is 1. The van der Waals surface area contributed by atoms with Gasteiger partial charge in [-0.3, -0.25) is 24.3 Å². The van der Waals surface area contributed by atoms with Crippen molar-refractivity contribution in [1.82, 2.24) is 20.4 Å². The minimum Gasteiger partial charge on any atom is -0.508 e. The summed E-state index contributed by atoms with van der Waals surface area (Å²) in [5.74, 6) is -2.72. The Kier molecular flexibility index (Phi) is 11.7. The lowest BCUT2D eigenvalue weighted by molar-refractivity contribution is -0.146. The summed E-state index contributed by atoms with van der Waals surface area (Å²) in [4.78, 5) is 44.6. The van der Waals surface area contributed by atoms with Crippen molar-refractivity contribution < 1.29 is 52.0 Å². The molecule has 278 valence electrons. The second kappa shape index (κ2) is 15.8. The Morgan fingerprint density at radius 1 is 0.980 bits per heavy atom. The van der Waals surface area contributed by atoms with Gasteiger partial charge in [-0.1, -0.05) is 24.3 Å². The molecule has 3 amide bonds. The summed E-state index contributed by atoms with van der Waals surface area (Å²) in [6.07, 6.45) is -1.40. The van der Waals surface area contributed by atoms with Crippen LogP contribution in [-0.4, -0.2) is 116 Å². The van der Waals surface area contributed by atoms with E-state index in [9.17, 15) is 43.2 Å². The molecule has 17 nitrogen and oxygen atoms in total. The van der Waals surface area contributed by atoms with Crippen molar-refractivity contribution >= 4 is 34.1 Å². The molecule has 5 rings (SSSR count). The molecule has 0 radical (unpaired) electrons. The Bertz CT molecular complexity index is 1690. The Morgan fingerprint density at radius 3 is 2.27 bits per heavy atom. The molecular weight excluding hydrogens is 688 g/mol. The number of aliphatic hydroxyl groups excluding tert-OH is 3. The lowest BCUT2D eigenvalue weighted by Crippen LogP contribution is -2.62. The van der Waals surface area contributed by atoms with E-state index >= 15 is 0 Å². The van der Waals surface area contributed by atoms with Crippen LogP contribution >= 0.6 is 0 Å². The molecule has 2 heterocycles. The molecule has 0 spiro atoms. The zero-order chi connectivity index (χ0) is 37.0. The normalized spacial score (nSPS) is 26.0. The highest BCUT2D eigenvalue weighted by atomic mass is 32.3. The zero-order valence-corrected chi connectivity index (χ0v) is 28.5. The van der Waals surface area contributed by atoms with Crippen molar-refractivity contribution in [3.05, 3.63) is 59.7 Å². The van der Waals surface area contributed by atoms with Crippen molar-refractivity contribution in [2.45, 2.75) is 94.0 Å². The minimum absolute atomic E-state index is 0.0161. The third-order valence-corrected chi connectivity index (χ3v) is 10.2. The first-order chi connectivity index (χ1) is 24.1. The number of guanidine groups is 1. The lowest BCUT2D eigenvalue weighted by Gasteiger charge is -2.40. The van der Waals surface area contributed by atoms with Crippen molar-refractivity contribution in [2.75, 3.05) is 6.54 Å². The molecule has 2 aromatic carbocycles. The number of benzene rings is 2. The number of aliphatic hydroxyl groups is 3. The van der Waals surface area contributed by atoms with E-state index < -0.39 is 70.7 Å². The fourth-order valence-electron chi connectivity index (χ4n) is 7.29. The average Bonchev–Trinajstić information content (AvgIpc) is 3.44. The number of aromatic hydroxyl groups is 1. The second-order valence-corrected chi connectivity index (χ2v) is 14.4. The van der Waals surface area contributed by atoms with Crippen molar-refractivity contribution in [2.24, 2.45) is 11.7 Å². The van der Waals surface area contributed by atoms with E-state index in [1.165, 1.54) is 46.2 Å². The van der Waals surface area contributed by atoms with Crippen molar-refractivity contribution in [3.63, 3.8) is 0 Å². The maximum absolute atomic E-state index is 14.6. The van der Waals surface area contributed by atoms with Crippen LogP contribution in [0.4, 0.5) is 0 Å². The number of carbonyl (C=O) groups is 3. The molecule has 3 fully saturated rings. The first-order valence-electron chi connectivity index (χ1n) is 16.7. The molecule has 0 bridgehead atoms. The summed E-state index contributed by atoms with van der Waals surface area (Å²) in [6.45, 7) is 0.344. The highest BCUT2D eigenvalue weighted by molar-refractivity contribution is 7.81. The van der Waals surface area contributed by atoms with E-state index in [1.807, 2.05) is 0 Å². The molecular formula is C33H44N6O11S. The van der Waals surface area contributed by atoms with Crippen LogP contribution in [-0.2, 0) is 37.6 Å². The van der Waals surface area contributed by atoms with E-state index in [0.717, 1.165) is 0 Å². The highest BCUT2D eigenvalue weighted by Crippen LogP contribution is 2.40. The summed E-state index contributed by atoms with van der Waals surface area (Å²) < 4.78 is 35.2. The van der Waals surface area contributed by atoms with Crippen LogP contribution in [0.3, 0.4) is 0 Å². The highest BCUT2D eigenvalue weighted by Gasteiger charge is 2.51. The van der Waals surface area contributed by atoms with Gasteiger partial charge in [0.1, 0.15) is 35.9 Å². The van der Waals surface area contributed by atoms with Crippen LogP contribution in [0.5, 0.6) is 11.5 Å². The number of carbonyl (C=O) groups excluding carboxylic acids is 3. The standard InChI is InChI=1S/C33H44N6O11S/c34-33(35)38-13-1-2-24(31(38)45)36-29(43)27-16-20-7-10-22(41)17-26(20)39(27)32(46)25(14-18-3-8-21(40)9-4-18)37-30(44)28(42)15-19-5-11-23(12-6-19)50-51(47,48)49/h3-6,8-9,11-12,20,22,24-28,31,40-42,45H,1-2,7,10,13-17H2,(H3,34,35)(H,36,43)(H,37,44)(H,47,48,49)/t20?,22?,24?,25?,26?,27?,28-,31?/m1/s1. The number of nitrogens with two attached hydrogens (primary N) is 1. The van der Waals surface area contributed by atoms with Crippen LogP contribution in [0.2, 0.25) is 0 Å². The molecule has 8 atom stereocenters. The SMILES string of the molecule is N=C(N)N1CCCC(NC(=O)C2CC3CCC(O)CC3N2C(=O)C(Cc2ccc(O)cc2)NC(=O)[C@H](O)Cc2ccc(OS(=O)(=O)O)cc2)C1O. The van der Waals surface area contributed by atoms with Gasteiger partial charge in [-0.2, -0.15) is 8.42 Å². The van der Waals surface area contributed by atoms with Crippen LogP contribution in [0.25, 0.3) is 0 Å². The number of fused-ring (bicyclic) bond motifs is 1. The number of amides is 3. The Labute approximate surface area is 294 Å². The topological polar surface area (TPSA) is 276 Å². The summed E-state index contributed by atoms with van der Waals surface area (Å²) in [5, 5.41) is 55.4. The number of nitrogens with zero attached hydrogens (tertiary/aromatic N) is 2. The second-order valence-electron chi connectivity index (χ2n) is 13.3. The Balaban J connectivity index is 1.38. The van der Waals surface area contributed by atoms with E-state index in [2.05, 4.69) is 14.8 Å². The number of hydrogen-bond donors (Lipinski definition) is 9. The van der Waals surface area contributed by atoms with Crippen LogP contribution in [0.1, 0.15) is 49.7 Å². The lowest BCUT2D eigenvalue weighted by atomic mass is 9.83. The molecule has 3 aliphatic rings. The number of rotatable bonds is 11. The summed E-state index contributed by atoms with van der Waals surface area (Å²) in [6, 6.07) is 7.60. The van der Waals surface area contributed by atoms with Crippen molar-refractivity contribution in [1.29, 1.82) is 5.41 Å². The largest absolute Gasteiger partial charge is 0.508 e. The summed E-state index contributed by atoms with van der Waals surface area (Å²) >= 11 is 0. The van der Waals surface area contributed by atoms with Crippen LogP contribution in [0.15, 0.2) is 48.5 Å². The third kappa shape index (κ3) is 9.44. The molecule has 1 aliphatic carbocycles.